The van der Waals surface area contributed by atoms with Gasteiger partial charge in [0, 0.05) is 5.69 Å². The predicted octanol–water partition coefficient (Wildman–Crippen LogP) is 1.70. The van der Waals surface area contributed by atoms with Crippen LogP contribution in [0.5, 0.6) is 0 Å². The third kappa shape index (κ3) is 1.93. The number of nitrogens with zero attached hydrogens (tertiary/aromatic N) is 2. The molecule has 0 saturated carbocycles. The highest BCUT2D eigenvalue weighted by Crippen LogP contribution is 2.23. The van der Waals surface area contributed by atoms with Crippen LogP contribution in [0.4, 0.5) is 11.4 Å². The fourth-order valence-corrected chi connectivity index (χ4v) is 0.949. The van der Waals surface area contributed by atoms with Crippen LogP contribution in [0.1, 0.15) is 25.5 Å². The van der Waals surface area contributed by atoms with Gasteiger partial charge in [-0.3, -0.25) is 15.1 Å². The molecule has 13 heavy (non-hydrogen) atoms. The van der Waals surface area contributed by atoms with E-state index in [0.717, 1.165) is 5.69 Å². The molecule has 70 valence electrons. The van der Waals surface area contributed by atoms with Crippen molar-refractivity contribution < 1.29 is 4.92 Å². The molecule has 0 fully saturated rings. The summed E-state index contributed by atoms with van der Waals surface area (Å²) in [7, 11) is 0. The SMILES string of the molecule is CC(C)c1cc(N)c([N+](=O)[O-])cn1. The second-order valence-corrected chi connectivity index (χ2v) is 3.08. The summed E-state index contributed by atoms with van der Waals surface area (Å²) in [6.07, 6.45) is 1.20. The highest BCUT2D eigenvalue weighted by Gasteiger charge is 2.13. The summed E-state index contributed by atoms with van der Waals surface area (Å²) in [5.41, 5.74) is 6.28. The summed E-state index contributed by atoms with van der Waals surface area (Å²) in [4.78, 5) is 13.8. The minimum Gasteiger partial charge on any atom is -0.393 e. The first-order chi connectivity index (χ1) is 6.02. The Hall–Kier alpha value is -1.65. The Balaban J connectivity index is 3.13. The molecule has 1 heterocycles. The third-order valence-electron chi connectivity index (χ3n) is 1.72. The van der Waals surface area contributed by atoms with E-state index in [2.05, 4.69) is 4.98 Å². The van der Waals surface area contributed by atoms with Crippen LogP contribution in [0.3, 0.4) is 0 Å². The van der Waals surface area contributed by atoms with Gasteiger partial charge in [-0.1, -0.05) is 13.8 Å². The lowest BCUT2D eigenvalue weighted by atomic mass is 10.1. The van der Waals surface area contributed by atoms with E-state index in [0.29, 0.717) is 0 Å². The maximum absolute atomic E-state index is 10.4. The standard InChI is InChI=1S/C8H11N3O2/c1-5(2)7-3-6(9)8(4-10-7)11(12)13/h3-5H,1-2H3,(H2,9,10). The van der Waals surface area contributed by atoms with Gasteiger partial charge in [-0.2, -0.15) is 0 Å². The zero-order chi connectivity index (χ0) is 10.0. The molecule has 0 amide bonds. The molecule has 1 aromatic rings. The van der Waals surface area contributed by atoms with Crippen LogP contribution in [0.15, 0.2) is 12.3 Å². The second kappa shape index (κ2) is 3.38. The van der Waals surface area contributed by atoms with Crippen molar-refractivity contribution in [2.24, 2.45) is 0 Å². The second-order valence-electron chi connectivity index (χ2n) is 3.08. The van der Waals surface area contributed by atoms with E-state index in [9.17, 15) is 10.1 Å². The Kier molecular flexibility index (Phi) is 2.46. The van der Waals surface area contributed by atoms with Crippen molar-refractivity contribution >= 4 is 11.4 Å². The van der Waals surface area contributed by atoms with E-state index in [1.165, 1.54) is 6.20 Å². The van der Waals surface area contributed by atoms with Gasteiger partial charge in [0.1, 0.15) is 11.9 Å². The maximum Gasteiger partial charge on any atom is 0.310 e. The number of pyridine rings is 1. The number of aromatic nitrogens is 1. The lowest BCUT2D eigenvalue weighted by Crippen LogP contribution is -2.00. The number of nitro groups is 1. The van der Waals surface area contributed by atoms with Crippen LogP contribution in [-0.2, 0) is 0 Å². The Labute approximate surface area is 75.7 Å². The summed E-state index contributed by atoms with van der Waals surface area (Å²) in [6, 6.07) is 1.54. The van der Waals surface area contributed by atoms with Gasteiger partial charge in [0.15, 0.2) is 0 Å². The predicted molar refractivity (Wildman–Crippen MR) is 49.4 cm³/mol. The van der Waals surface area contributed by atoms with Crippen LogP contribution >= 0.6 is 0 Å². The summed E-state index contributed by atoms with van der Waals surface area (Å²) in [6.45, 7) is 3.90. The van der Waals surface area contributed by atoms with Crippen molar-refractivity contribution in [1.82, 2.24) is 4.98 Å². The Morgan fingerprint density at radius 3 is 2.62 bits per heavy atom. The molecule has 0 saturated heterocycles. The average Bonchev–Trinajstić information content (AvgIpc) is 2.03. The van der Waals surface area contributed by atoms with E-state index in [4.69, 9.17) is 5.73 Å². The molecule has 5 nitrogen and oxygen atoms in total. The lowest BCUT2D eigenvalue weighted by Gasteiger charge is -2.04. The van der Waals surface area contributed by atoms with Gasteiger partial charge in [-0.25, -0.2) is 0 Å². The van der Waals surface area contributed by atoms with Gasteiger partial charge in [0.2, 0.25) is 0 Å². The number of anilines is 1. The van der Waals surface area contributed by atoms with Gasteiger partial charge in [-0.15, -0.1) is 0 Å². The fraction of sp³-hybridized carbons (Fsp3) is 0.375. The molecule has 0 unspecified atom stereocenters. The fourth-order valence-electron chi connectivity index (χ4n) is 0.949. The molecule has 0 bridgehead atoms. The van der Waals surface area contributed by atoms with Crippen LogP contribution < -0.4 is 5.73 Å². The van der Waals surface area contributed by atoms with Crippen molar-refractivity contribution in [3.8, 4) is 0 Å². The van der Waals surface area contributed by atoms with Gasteiger partial charge in [-0.05, 0) is 12.0 Å². The molecule has 0 aliphatic rings. The quantitative estimate of drug-likeness (QED) is 0.556. The van der Waals surface area contributed by atoms with Crippen LogP contribution in [0.2, 0.25) is 0 Å². The average molecular weight is 181 g/mol. The van der Waals surface area contributed by atoms with Crippen molar-refractivity contribution in [3.63, 3.8) is 0 Å². The monoisotopic (exact) mass is 181 g/mol. The maximum atomic E-state index is 10.4. The number of hydrogen-bond donors (Lipinski definition) is 1. The first kappa shape index (κ1) is 9.44. The first-order valence-corrected chi connectivity index (χ1v) is 3.92. The van der Waals surface area contributed by atoms with Crippen molar-refractivity contribution in [2.45, 2.75) is 19.8 Å². The molecule has 1 aromatic heterocycles. The molecule has 0 radical (unpaired) electrons. The largest absolute Gasteiger partial charge is 0.393 e. The highest BCUT2D eigenvalue weighted by atomic mass is 16.6. The van der Waals surface area contributed by atoms with Crippen molar-refractivity contribution in [3.05, 3.63) is 28.1 Å². The molecule has 0 atom stereocenters. The zero-order valence-electron chi connectivity index (χ0n) is 7.52. The Bertz CT molecular complexity index is 336. The van der Waals surface area contributed by atoms with Gasteiger partial charge >= 0.3 is 5.69 Å². The number of rotatable bonds is 2. The van der Waals surface area contributed by atoms with Crippen LogP contribution in [0, 0.1) is 10.1 Å². The lowest BCUT2D eigenvalue weighted by molar-refractivity contribution is -0.384. The first-order valence-electron chi connectivity index (χ1n) is 3.92. The van der Waals surface area contributed by atoms with E-state index in [-0.39, 0.29) is 17.3 Å². The summed E-state index contributed by atoms with van der Waals surface area (Å²) in [5, 5.41) is 10.4. The zero-order valence-corrected chi connectivity index (χ0v) is 7.52. The van der Waals surface area contributed by atoms with Gasteiger partial charge < -0.3 is 5.73 Å². The number of nitrogens with two attached hydrogens (primary N) is 1. The molecule has 0 aliphatic heterocycles. The van der Waals surface area contributed by atoms with E-state index < -0.39 is 4.92 Å². The molecule has 0 spiro atoms. The number of hydrogen-bond acceptors (Lipinski definition) is 4. The smallest absolute Gasteiger partial charge is 0.310 e. The molecule has 0 aromatic carbocycles. The van der Waals surface area contributed by atoms with Gasteiger partial charge in [0.05, 0.1) is 4.92 Å². The Morgan fingerprint density at radius 2 is 2.23 bits per heavy atom. The summed E-state index contributed by atoms with van der Waals surface area (Å²) < 4.78 is 0. The highest BCUT2D eigenvalue weighted by molar-refractivity contribution is 5.57. The van der Waals surface area contributed by atoms with E-state index >= 15 is 0 Å². The summed E-state index contributed by atoms with van der Waals surface area (Å²) in [5.74, 6) is 0.225. The van der Waals surface area contributed by atoms with Crippen LogP contribution in [-0.4, -0.2) is 9.91 Å². The molecular formula is C8H11N3O2. The third-order valence-corrected chi connectivity index (χ3v) is 1.72. The number of nitrogen functional groups attached to an aromatic ring is 1. The van der Waals surface area contributed by atoms with Crippen molar-refractivity contribution in [2.75, 3.05) is 5.73 Å². The van der Waals surface area contributed by atoms with Crippen molar-refractivity contribution in [1.29, 1.82) is 0 Å². The topological polar surface area (TPSA) is 82.0 Å². The summed E-state index contributed by atoms with van der Waals surface area (Å²) >= 11 is 0. The Morgan fingerprint density at radius 1 is 1.62 bits per heavy atom. The minimum atomic E-state index is -0.535. The molecule has 1 rings (SSSR count). The molecule has 2 N–H and O–H groups in total. The van der Waals surface area contributed by atoms with E-state index in [1.807, 2.05) is 13.8 Å². The molecular weight excluding hydrogens is 170 g/mol. The minimum absolute atomic E-state index is 0.135. The van der Waals surface area contributed by atoms with Gasteiger partial charge in [0.25, 0.3) is 0 Å². The normalized spacial score (nSPS) is 10.4. The van der Waals surface area contributed by atoms with Crippen LogP contribution in [0.25, 0.3) is 0 Å². The molecule has 0 aliphatic carbocycles. The molecule has 5 heteroatoms. The van der Waals surface area contributed by atoms with E-state index in [1.54, 1.807) is 6.07 Å².